The lowest BCUT2D eigenvalue weighted by Crippen LogP contribution is -2.24. The number of hydrogen-bond donors (Lipinski definition) is 1. The van der Waals surface area contributed by atoms with Crippen LogP contribution in [-0.2, 0) is 17.1 Å². The summed E-state index contributed by atoms with van der Waals surface area (Å²) in [6.07, 6.45) is 0.363. The molecule has 0 aliphatic heterocycles. The first-order chi connectivity index (χ1) is 11.1. The van der Waals surface area contributed by atoms with Gasteiger partial charge in [-0.3, -0.25) is 4.79 Å². The molecular weight excluding hydrogens is 308 g/mol. The molecule has 120 valence electrons. The topological polar surface area (TPSA) is 70.7 Å². The highest BCUT2D eigenvalue weighted by Gasteiger charge is 2.16. The molecule has 1 atom stereocenters. The number of rotatable bonds is 7. The van der Waals surface area contributed by atoms with E-state index in [-0.39, 0.29) is 11.2 Å². The molecule has 1 heterocycles. The fraction of sp³-hybridized carbons (Fsp3) is 0.353. The molecule has 0 aliphatic carbocycles. The number of carbonyl (C=O) groups excluding carboxylic acids is 1. The lowest BCUT2D eigenvalue weighted by molar-refractivity contribution is -0.115. The fourth-order valence-corrected chi connectivity index (χ4v) is 2.92. The number of nitrogens with one attached hydrogen (secondary N) is 1. The molecule has 5 nitrogen and oxygen atoms in total. The molecule has 1 aromatic heterocycles. The molecule has 1 aromatic carbocycles. The van der Waals surface area contributed by atoms with E-state index in [1.165, 1.54) is 5.56 Å². The van der Waals surface area contributed by atoms with Gasteiger partial charge in [0.1, 0.15) is 5.82 Å². The van der Waals surface area contributed by atoms with Gasteiger partial charge in [-0.15, -0.1) is 11.8 Å². The smallest absolute Gasteiger partial charge is 0.238 e. The summed E-state index contributed by atoms with van der Waals surface area (Å²) in [5.41, 5.74) is 2.02. The highest BCUT2D eigenvalue weighted by Crippen LogP contribution is 2.19. The van der Waals surface area contributed by atoms with Gasteiger partial charge >= 0.3 is 0 Å². The van der Waals surface area contributed by atoms with Crippen LogP contribution in [0.4, 0.5) is 5.82 Å². The maximum Gasteiger partial charge on any atom is 0.238 e. The molecule has 0 saturated heterocycles. The zero-order valence-corrected chi connectivity index (χ0v) is 14.1. The monoisotopic (exact) mass is 328 g/mol. The number of amides is 1. The third kappa shape index (κ3) is 5.15. The second kappa shape index (κ2) is 8.39. The Morgan fingerprint density at radius 3 is 2.87 bits per heavy atom. The minimum absolute atomic E-state index is 0.0518. The fourth-order valence-electron chi connectivity index (χ4n) is 2.07. The Balaban J connectivity index is 1.92. The molecule has 0 aliphatic rings. The van der Waals surface area contributed by atoms with Gasteiger partial charge in [0.25, 0.3) is 0 Å². The van der Waals surface area contributed by atoms with Crippen molar-refractivity contribution in [2.75, 3.05) is 5.32 Å². The van der Waals surface area contributed by atoms with Gasteiger partial charge < -0.3 is 5.32 Å². The summed E-state index contributed by atoms with van der Waals surface area (Å²) in [6.45, 7) is 4.24. The summed E-state index contributed by atoms with van der Waals surface area (Å²) in [4.78, 5) is 12.3. The van der Waals surface area contributed by atoms with Gasteiger partial charge in [-0.1, -0.05) is 30.3 Å². The standard InChI is InChI=1S/C17H20N4OS/c1-13-11-16(21(20-13)10-6-9-18)19-17(22)14(2)23-12-15-7-4-3-5-8-15/h3-5,7-8,11,14H,6,10,12H2,1-2H3,(H,19,22). The van der Waals surface area contributed by atoms with Gasteiger partial charge in [0.2, 0.25) is 5.91 Å². The largest absolute Gasteiger partial charge is 0.310 e. The summed E-state index contributed by atoms with van der Waals surface area (Å²) >= 11 is 1.59. The van der Waals surface area contributed by atoms with Crippen LogP contribution in [0.25, 0.3) is 0 Å². The molecule has 0 bridgehead atoms. The maximum absolute atomic E-state index is 12.3. The quantitative estimate of drug-likeness (QED) is 0.846. The molecule has 0 radical (unpaired) electrons. The predicted octanol–water partition coefficient (Wildman–Crippen LogP) is 3.37. The Morgan fingerprint density at radius 1 is 1.43 bits per heavy atom. The number of nitrogens with zero attached hydrogens (tertiary/aromatic N) is 3. The first kappa shape index (κ1) is 17.1. The van der Waals surface area contributed by atoms with Gasteiger partial charge in [-0.05, 0) is 19.4 Å². The minimum Gasteiger partial charge on any atom is -0.310 e. The first-order valence-electron chi connectivity index (χ1n) is 7.48. The average Bonchev–Trinajstić information content (AvgIpc) is 2.90. The second-order valence-electron chi connectivity index (χ2n) is 5.23. The van der Waals surface area contributed by atoms with Crippen LogP contribution in [0.15, 0.2) is 36.4 Å². The summed E-state index contributed by atoms with van der Waals surface area (Å²) in [5, 5.41) is 15.7. The van der Waals surface area contributed by atoms with E-state index in [2.05, 4.69) is 28.6 Å². The van der Waals surface area contributed by atoms with Crippen LogP contribution in [0, 0.1) is 18.3 Å². The van der Waals surface area contributed by atoms with Crippen LogP contribution in [0.1, 0.15) is 24.6 Å². The Labute approximate surface area is 140 Å². The lowest BCUT2D eigenvalue weighted by Gasteiger charge is -2.13. The third-order valence-electron chi connectivity index (χ3n) is 3.30. The van der Waals surface area contributed by atoms with E-state index >= 15 is 0 Å². The molecule has 23 heavy (non-hydrogen) atoms. The lowest BCUT2D eigenvalue weighted by atomic mass is 10.2. The number of aromatic nitrogens is 2. The minimum atomic E-state index is -0.171. The zero-order valence-electron chi connectivity index (χ0n) is 13.3. The Hall–Kier alpha value is -2.26. The van der Waals surface area contributed by atoms with Crippen molar-refractivity contribution in [2.45, 2.75) is 37.8 Å². The van der Waals surface area contributed by atoms with Crippen molar-refractivity contribution in [3.05, 3.63) is 47.7 Å². The Bertz CT molecular complexity index is 690. The van der Waals surface area contributed by atoms with E-state index in [1.54, 1.807) is 16.4 Å². The van der Waals surface area contributed by atoms with E-state index in [4.69, 9.17) is 5.26 Å². The molecule has 2 rings (SSSR count). The molecule has 1 amide bonds. The van der Waals surface area contributed by atoms with E-state index < -0.39 is 0 Å². The number of thioether (sulfide) groups is 1. The van der Waals surface area contributed by atoms with Crippen molar-refractivity contribution < 1.29 is 4.79 Å². The zero-order chi connectivity index (χ0) is 16.7. The number of benzene rings is 1. The summed E-state index contributed by atoms with van der Waals surface area (Å²) in [6, 6.07) is 14.0. The number of anilines is 1. The normalized spacial score (nSPS) is 11.7. The van der Waals surface area contributed by atoms with E-state index in [0.29, 0.717) is 18.8 Å². The molecule has 0 saturated carbocycles. The highest BCUT2D eigenvalue weighted by molar-refractivity contribution is 7.99. The first-order valence-corrected chi connectivity index (χ1v) is 8.53. The van der Waals surface area contributed by atoms with Gasteiger partial charge in [-0.2, -0.15) is 10.4 Å². The molecular formula is C17H20N4OS. The molecule has 6 heteroatoms. The van der Waals surface area contributed by atoms with Crippen molar-refractivity contribution in [3.63, 3.8) is 0 Å². The molecule has 1 unspecified atom stereocenters. The SMILES string of the molecule is Cc1cc(NC(=O)C(C)SCc2ccccc2)n(CCC#N)n1. The number of carbonyl (C=O) groups is 1. The van der Waals surface area contributed by atoms with E-state index in [9.17, 15) is 4.79 Å². The number of hydrogen-bond acceptors (Lipinski definition) is 4. The van der Waals surface area contributed by atoms with Crippen molar-refractivity contribution in [1.29, 1.82) is 5.26 Å². The van der Waals surface area contributed by atoms with Gasteiger partial charge in [0.15, 0.2) is 0 Å². The van der Waals surface area contributed by atoms with Crippen LogP contribution in [0.3, 0.4) is 0 Å². The molecule has 0 fully saturated rings. The van der Waals surface area contributed by atoms with Crippen LogP contribution < -0.4 is 5.32 Å². The van der Waals surface area contributed by atoms with Gasteiger partial charge in [0, 0.05) is 11.8 Å². The number of nitriles is 1. The van der Waals surface area contributed by atoms with Crippen molar-refractivity contribution in [3.8, 4) is 6.07 Å². The van der Waals surface area contributed by atoms with Gasteiger partial charge in [-0.25, -0.2) is 4.68 Å². The van der Waals surface area contributed by atoms with Crippen molar-refractivity contribution in [2.24, 2.45) is 0 Å². The highest BCUT2D eigenvalue weighted by atomic mass is 32.2. The average molecular weight is 328 g/mol. The van der Waals surface area contributed by atoms with Crippen LogP contribution in [-0.4, -0.2) is 20.9 Å². The Morgan fingerprint density at radius 2 is 2.17 bits per heavy atom. The van der Waals surface area contributed by atoms with E-state index in [1.807, 2.05) is 38.1 Å². The molecule has 0 spiro atoms. The summed E-state index contributed by atoms with van der Waals surface area (Å²) < 4.78 is 1.67. The van der Waals surface area contributed by atoms with Crippen LogP contribution in [0.5, 0.6) is 0 Å². The Kier molecular flexibility index (Phi) is 6.24. The second-order valence-corrected chi connectivity index (χ2v) is 6.56. The van der Waals surface area contributed by atoms with Crippen molar-refractivity contribution in [1.82, 2.24) is 9.78 Å². The van der Waals surface area contributed by atoms with Crippen LogP contribution in [0.2, 0.25) is 0 Å². The van der Waals surface area contributed by atoms with Crippen LogP contribution >= 0.6 is 11.8 Å². The molecule has 2 aromatic rings. The molecule has 1 N–H and O–H groups in total. The van der Waals surface area contributed by atoms with Crippen molar-refractivity contribution >= 4 is 23.5 Å². The predicted molar refractivity (Wildman–Crippen MR) is 93.0 cm³/mol. The summed E-state index contributed by atoms with van der Waals surface area (Å²) in [7, 11) is 0. The maximum atomic E-state index is 12.3. The third-order valence-corrected chi connectivity index (χ3v) is 4.51. The van der Waals surface area contributed by atoms with E-state index in [0.717, 1.165) is 11.4 Å². The summed E-state index contributed by atoms with van der Waals surface area (Å²) in [5.74, 6) is 1.39. The van der Waals surface area contributed by atoms with Gasteiger partial charge in [0.05, 0.1) is 30.0 Å². The number of aryl methyl sites for hydroxylation is 2.